The summed E-state index contributed by atoms with van der Waals surface area (Å²) in [7, 11) is -8.69. The lowest BCUT2D eigenvalue weighted by atomic mass is 9.90. The molecule has 30 nitrogen and oxygen atoms in total. The molecule has 0 fully saturated rings. The van der Waals surface area contributed by atoms with E-state index in [1.807, 2.05) is 175 Å². The summed E-state index contributed by atoms with van der Waals surface area (Å²) in [6, 6.07) is 33.9. The first-order valence-electron chi connectivity index (χ1n) is 40.5. The SMILES string of the molecule is CC(C)c1cccc(C(C)C)c1NC(=O)NS(=O)(=O)Cc1ccc2c(cnn2C)c1.Cc1cc(C(C)C)c(NC(=O)NS(=O)(=O)Nc2ccc3c(cnn3C)c2)c(C(C)C)c1.Cc1cc(C(C)C)c(NC(=O)NS(=O)(=O)Nc2ccc3c(cnn3C)c2)c(C(C)C)c1.Cn1ncc2cc(CS(=O)(=O)NC(=O)Nc3c4c(cc5c3CCC5)CCC4)ccc21. The monoisotopic (exact) mass is 1740 g/mol. The van der Waals surface area contributed by atoms with Gasteiger partial charge in [-0.15, -0.1) is 0 Å². The van der Waals surface area contributed by atoms with Gasteiger partial charge in [-0.1, -0.05) is 155 Å². The average Bonchev–Trinajstić information content (AvgIpc) is 1.54. The second kappa shape index (κ2) is 37.6. The highest BCUT2D eigenvalue weighted by atomic mass is 32.2. The first kappa shape index (κ1) is 90.9. The Bertz CT molecular complexity index is 6150. The largest absolute Gasteiger partial charge is 0.334 e. The van der Waals surface area contributed by atoms with Crippen molar-refractivity contribution < 1.29 is 52.8 Å². The molecule has 4 aromatic heterocycles. The van der Waals surface area contributed by atoms with Crippen LogP contribution in [0.3, 0.4) is 0 Å². The molecule has 4 heterocycles. The lowest BCUT2D eigenvalue weighted by molar-refractivity contribution is 0.255. The summed E-state index contributed by atoms with van der Waals surface area (Å²) in [6.07, 6.45) is 12.7. The van der Waals surface area contributed by atoms with Crippen molar-refractivity contribution in [2.45, 2.75) is 182 Å². The van der Waals surface area contributed by atoms with Gasteiger partial charge >= 0.3 is 44.5 Å². The normalized spacial score (nSPS) is 12.7. The smallest absolute Gasteiger partial charge is 0.307 e. The molecule has 0 bridgehead atoms. The number of carbonyl (C=O) groups excluding carboxylic acids is 4. The molecule has 2 aliphatic carbocycles. The number of amides is 8. The number of rotatable bonds is 22. The van der Waals surface area contributed by atoms with E-state index in [1.165, 1.54) is 22.3 Å². The minimum atomic E-state index is -4.13. The third-order valence-electron chi connectivity index (χ3n) is 21.3. The van der Waals surface area contributed by atoms with E-state index in [1.54, 1.807) is 118 Å². The molecule has 122 heavy (non-hydrogen) atoms. The van der Waals surface area contributed by atoms with Crippen LogP contribution in [0.2, 0.25) is 0 Å². The maximum Gasteiger partial charge on any atom is 0.334 e. The van der Waals surface area contributed by atoms with E-state index in [4.69, 9.17) is 0 Å². The highest BCUT2D eigenvalue weighted by molar-refractivity contribution is 7.91. The number of fused-ring (bicyclic) bond motifs is 6. The Morgan fingerprint density at radius 3 is 0.951 bits per heavy atom. The molecule has 0 saturated heterocycles. The summed E-state index contributed by atoms with van der Waals surface area (Å²) < 4.78 is 121. The number of para-hydroxylation sites is 1. The van der Waals surface area contributed by atoms with Gasteiger partial charge in [-0.05, 0) is 215 Å². The van der Waals surface area contributed by atoms with Crippen molar-refractivity contribution in [2.24, 2.45) is 28.2 Å². The number of nitrogens with zero attached hydrogens (tertiary/aromatic N) is 8. The van der Waals surface area contributed by atoms with Gasteiger partial charge in [0.25, 0.3) is 0 Å². The van der Waals surface area contributed by atoms with Gasteiger partial charge in [0.2, 0.25) is 20.0 Å². The Labute approximate surface area is 714 Å². The maximum absolute atomic E-state index is 12.6. The second-order valence-electron chi connectivity index (χ2n) is 33.0. The predicted molar refractivity (Wildman–Crippen MR) is 486 cm³/mol. The van der Waals surface area contributed by atoms with Crippen molar-refractivity contribution >= 4 is 142 Å². The molecule has 0 aliphatic heterocycles. The van der Waals surface area contributed by atoms with Crippen molar-refractivity contribution in [2.75, 3.05) is 30.7 Å². The van der Waals surface area contributed by atoms with Gasteiger partial charge in [-0.2, -0.15) is 37.2 Å². The highest BCUT2D eigenvalue weighted by Gasteiger charge is 2.29. The summed E-state index contributed by atoms with van der Waals surface area (Å²) in [6.45, 7) is 28.5. The topological polar surface area (TPSA) is 396 Å². The Balaban J connectivity index is 0.000000159. The third kappa shape index (κ3) is 22.6. The summed E-state index contributed by atoms with van der Waals surface area (Å²) >= 11 is 0. The molecule has 0 spiro atoms. The molecule has 12 aromatic rings. The van der Waals surface area contributed by atoms with Gasteiger partial charge in [0.05, 0.1) is 69.7 Å². The zero-order valence-electron chi connectivity index (χ0n) is 72.1. The fourth-order valence-corrected chi connectivity index (χ4v) is 19.1. The number of anilines is 6. The Morgan fingerprint density at radius 2 is 0.631 bits per heavy atom. The van der Waals surface area contributed by atoms with Crippen LogP contribution in [0.15, 0.2) is 146 Å². The number of hydrogen-bond donors (Lipinski definition) is 10. The first-order valence-corrected chi connectivity index (χ1v) is 46.8. The van der Waals surface area contributed by atoms with Crippen LogP contribution in [-0.2, 0) is 106 Å². The van der Waals surface area contributed by atoms with Crippen LogP contribution in [-0.4, -0.2) is 96.9 Å². The van der Waals surface area contributed by atoms with Gasteiger partial charge < -0.3 is 21.3 Å². The Kier molecular flexibility index (Phi) is 28.0. The van der Waals surface area contributed by atoms with E-state index >= 15 is 0 Å². The minimum absolute atomic E-state index is 0.161. The number of hydrogen-bond acceptors (Lipinski definition) is 16. The molecule has 0 atom stereocenters. The zero-order chi connectivity index (χ0) is 88.8. The van der Waals surface area contributed by atoms with E-state index < -0.39 is 64.6 Å². The van der Waals surface area contributed by atoms with Crippen molar-refractivity contribution in [1.29, 1.82) is 0 Å². The molecule has 8 amide bonds. The van der Waals surface area contributed by atoms with Gasteiger partial charge in [0.1, 0.15) is 0 Å². The molecule has 8 aromatic carbocycles. The van der Waals surface area contributed by atoms with Crippen molar-refractivity contribution in [3.05, 3.63) is 224 Å². The molecule has 0 radical (unpaired) electrons. The van der Waals surface area contributed by atoms with Gasteiger partial charge in [-0.25, -0.2) is 54.9 Å². The van der Waals surface area contributed by atoms with Crippen molar-refractivity contribution in [3.8, 4) is 0 Å². The van der Waals surface area contributed by atoms with E-state index in [-0.39, 0.29) is 47.0 Å². The van der Waals surface area contributed by atoms with Crippen LogP contribution >= 0.6 is 0 Å². The maximum atomic E-state index is 12.6. The summed E-state index contributed by atoms with van der Waals surface area (Å²) in [5, 5.41) is 31.1. The van der Waals surface area contributed by atoms with Crippen LogP contribution in [0.1, 0.15) is 209 Å². The van der Waals surface area contributed by atoms with Crippen LogP contribution in [0.5, 0.6) is 0 Å². The number of aryl methyl sites for hydroxylation is 8. The van der Waals surface area contributed by atoms with Crippen LogP contribution < -0.4 is 49.6 Å². The molecular weight excluding hydrogens is 1630 g/mol. The third-order valence-corrected chi connectivity index (χ3v) is 25.6. The van der Waals surface area contributed by atoms with Crippen molar-refractivity contribution in [3.63, 3.8) is 0 Å². The fourth-order valence-electron chi connectivity index (χ4n) is 15.5. The number of benzene rings is 8. The summed E-state index contributed by atoms with van der Waals surface area (Å²) in [5.74, 6) is 0.442. The minimum Gasteiger partial charge on any atom is -0.307 e. The van der Waals surface area contributed by atoms with E-state index in [0.29, 0.717) is 39.6 Å². The predicted octanol–water partition coefficient (Wildman–Crippen LogP) is 16.9. The van der Waals surface area contributed by atoms with Gasteiger partial charge in [-0.3, -0.25) is 28.2 Å². The molecule has 10 N–H and O–H groups in total. The van der Waals surface area contributed by atoms with Crippen molar-refractivity contribution in [1.82, 2.24) is 58.0 Å². The number of nitrogens with one attached hydrogen (secondary N) is 10. The average molecular weight is 1740 g/mol. The van der Waals surface area contributed by atoms with Crippen LogP contribution in [0, 0.1) is 13.8 Å². The lowest BCUT2D eigenvalue weighted by Crippen LogP contribution is -2.38. The quantitative estimate of drug-likeness (QED) is 0.0301. The lowest BCUT2D eigenvalue weighted by Gasteiger charge is -2.21. The Morgan fingerprint density at radius 1 is 0.344 bits per heavy atom. The molecule has 14 rings (SSSR count). The number of aromatic nitrogens is 8. The first-order chi connectivity index (χ1) is 57.4. The van der Waals surface area contributed by atoms with Gasteiger partial charge in [0.15, 0.2) is 0 Å². The van der Waals surface area contributed by atoms with E-state index in [2.05, 4.69) is 66.6 Å². The highest BCUT2D eigenvalue weighted by Crippen LogP contribution is 2.41. The molecule has 2 aliphatic rings. The molecule has 648 valence electrons. The second-order valence-corrected chi connectivity index (χ2v) is 39.2. The molecular formula is C88H110N18O12S4. The fraction of sp³-hybridized carbons (Fsp3) is 0.364. The van der Waals surface area contributed by atoms with Gasteiger partial charge in [0, 0.05) is 72.5 Å². The number of sulfonamides is 2. The summed E-state index contributed by atoms with van der Waals surface area (Å²) in [5.41, 5.74) is 21.2. The number of carbonyl (C=O) groups is 4. The van der Waals surface area contributed by atoms with E-state index in [9.17, 15) is 52.8 Å². The molecule has 0 unspecified atom stereocenters. The standard InChI is InChI=1S/2C22H29N5O3S.C22H24N4O3S.C22H28N4O3S/c2*1-13(2)18-9-15(5)10-19(14(3)4)21(18)24-22(28)26-31(29,30)25-17-7-8-20-16(11-17)12-23-27(20)6;1-26-20-9-8-14(10-17(20)12-23-26)13-30(28,29)25-22(27)24-21-18-6-2-4-15(18)11-16-5-3-7-19(16)21;1-14(2)18-7-6-8-19(15(3)4)21(18)24-22(27)25-30(28,29)13-16-9-10-20-17(11-16)12-23-26(20)5/h2*7-14,25H,1-6H3,(H2,24,26,28);8-12H,2-7,13H2,1H3,(H2,24,25,27);6-12,14-15H,13H2,1-5H3,(H2,24,25,27). The summed E-state index contributed by atoms with van der Waals surface area (Å²) in [4.78, 5) is 50.4. The van der Waals surface area contributed by atoms with E-state index in [0.717, 1.165) is 132 Å². The molecule has 0 saturated carbocycles. The Hall–Kier alpha value is -11.9. The number of urea groups is 4. The van der Waals surface area contributed by atoms with Crippen LogP contribution in [0.4, 0.5) is 53.3 Å². The molecule has 34 heteroatoms. The zero-order valence-corrected chi connectivity index (χ0v) is 75.4. The van der Waals surface area contributed by atoms with Crippen LogP contribution in [0.25, 0.3) is 43.6 Å².